The molecule has 1 atom stereocenters. The van der Waals surface area contributed by atoms with E-state index in [4.69, 9.17) is 9.84 Å². The van der Waals surface area contributed by atoms with Crippen molar-refractivity contribution in [2.75, 3.05) is 0 Å². The number of aliphatic carboxylic acids is 1. The summed E-state index contributed by atoms with van der Waals surface area (Å²) in [5.74, 6) is -2.34. The van der Waals surface area contributed by atoms with E-state index < -0.39 is 29.5 Å². The zero-order valence-corrected chi connectivity index (χ0v) is 9.02. The number of esters is 1. The third-order valence-corrected chi connectivity index (χ3v) is 2.05. The molecule has 0 spiro atoms. The van der Waals surface area contributed by atoms with Gasteiger partial charge in [0.15, 0.2) is 0 Å². The Hall–Kier alpha value is -1.85. The van der Waals surface area contributed by atoms with Crippen LogP contribution < -0.4 is 5.32 Å². The van der Waals surface area contributed by atoms with E-state index in [0.717, 1.165) is 6.08 Å². The highest BCUT2D eigenvalue weighted by molar-refractivity contribution is 5.96. The number of hydrogen-bond donors (Lipinski definition) is 2. The van der Waals surface area contributed by atoms with Gasteiger partial charge in [-0.1, -0.05) is 0 Å². The first kappa shape index (κ1) is 12.2. The van der Waals surface area contributed by atoms with E-state index >= 15 is 0 Å². The molecule has 1 saturated heterocycles. The third-order valence-electron chi connectivity index (χ3n) is 2.05. The Morgan fingerprint density at radius 2 is 2.12 bits per heavy atom. The fourth-order valence-corrected chi connectivity index (χ4v) is 1.44. The first-order chi connectivity index (χ1) is 7.30. The molecule has 1 unspecified atom stereocenters. The quantitative estimate of drug-likeness (QED) is 0.516. The van der Waals surface area contributed by atoms with Crippen LogP contribution in [0.2, 0.25) is 0 Å². The molecule has 1 rings (SSSR count). The molecule has 0 saturated carbocycles. The van der Waals surface area contributed by atoms with Crippen LogP contribution in [0.5, 0.6) is 0 Å². The highest BCUT2D eigenvalue weighted by atomic mass is 16.6. The first-order valence-electron chi connectivity index (χ1n) is 4.74. The van der Waals surface area contributed by atoms with Crippen LogP contribution in [0, 0.1) is 0 Å². The Morgan fingerprint density at radius 3 is 2.56 bits per heavy atom. The molecule has 0 aromatic carbocycles. The Balaban J connectivity index is 2.53. The second-order valence-electron chi connectivity index (χ2n) is 4.12. The Bertz CT molecular complexity index is 358. The number of rotatable bonds is 3. The smallest absolute Gasteiger partial charge is 0.329 e. The number of ether oxygens (including phenoxy) is 1. The molecule has 6 heteroatoms. The van der Waals surface area contributed by atoms with E-state index in [9.17, 15) is 14.4 Å². The lowest BCUT2D eigenvalue weighted by Crippen LogP contribution is -2.37. The average Bonchev–Trinajstić information content (AvgIpc) is 2.36. The molecule has 0 radical (unpaired) electrons. The average molecular weight is 227 g/mol. The van der Waals surface area contributed by atoms with Crippen molar-refractivity contribution in [2.24, 2.45) is 0 Å². The summed E-state index contributed by atoms with van der Waals surface area (Å²) < 4.78 is 4.99. The summed E-state index contributed by atoms with van der Waals surface area (Å²) in [7, 11) is 0. The maximum Gasteiger partial charge on any atom is 0.329 e. The molecule has 0 bridgehead atoms. The van der Waals surface area contributed by atoms with E-state index in [0.29, 0.717) is 12.5 Å². The van der Waals surface area contributed by atoms with Crippen molar-refractivity contribution in [3.8, 4) is 0 Å². The van der Waals surface area contributed by atoms with Crippen LogP contribution in [0.4, 0.5) is 0 Å². The third kappa shape index (κ3) is 3.38. The summed E-state index contributed by atoms with van der Waals surface area (Å²) in [4.78, 5) is 32.6. The van der Waals surface area contributed by atoms with Gasteiger partial charge in [0.05, 0.1) is 0 Å². The molecule has 0 aromatic rings. The van der Waals surface area contributed by atoms with Gasteiger partial charge in [-0.05, 0) is 13.8 Å². The topological polar surface area (TPSA) is 92.7 Å². The predicted molar refractivity (Wildman–Crippen MR) is 53.5 cm³/mol. The zero-order valence-electron chi connectivity index (χ0n) is 9.02. The Labute approximate surface area is 92.3 Å². The fraction of sp³-hybridized carbons (Fsp3) is 0.500. The van der Waals surface area contributed by atoms with Crippen LogP contribution in [-0.2, 0) is 19.1 Å². The molecule has 1 heterocycles. The van der Waals surface area contributed by atoms with Gasteiger partial charge in [0.1, 0.15) is 11.6 Å². The minimum Gasteiger partial charge on any atom is -0.478 e. The van der Waals surface area contributed by atoms with Crippen LogP contribution >= 0.6 is 0 Å². The van der Waals surface area contributed by atoms with Crippen molar-refractivity contribution in [3.05, 3.63) is 12.2 Å². The summed E-state index contributed by atoms with van der Waals surface area (Å²) in [6.07, 6.45) is 1.94. The van der Waals surface area contributed by atoms with E-state index in [1.54, 1.807) is 13.8 Å². The molecule has 16 heavy (non-hydrogen) atoms. The molecule has 1 aliphatic heterocycles. The van der Waals surface area contributed by atoms with E-state index in [2.05, 4.69) is 5.32 Å². The van der Waals surface area contributed by atoms with Crippen LogP contribution in [0.3, 0.4) is 0 Å². The monoisotopic (exact) mass is 227 g/mol. The predicted octanol–water partition coefficient (Wildman–Crippen LogP) is -0.162. The fourth-order valence-electron chi connectivity index (χ4n) is 1.44. The highest BCUT2D eigenvalue weighted by Gasteiger charge is 2.40. The number of hydrogen-bond acceptors (Lipinski definition) is 4. The van der Waals surface area contributed by atoms with Crippen LogP contribution in [-0.4, -0.2) is 34.6 Å². The largest absolute Gasteiger partial charge is 0.478 e. The van der Waals surface area contributed by atoms with Gasteiger partial charge >= 0.3 is 11.9 Å². The molecule has 88 valence electrons. The molecule has 2 N–H and O–H groups in total. The standard InChI is InChI=1S/C10H13NO5/c1-10(2)5-6(9(15)16-10)11-7(12)3-4-8(13)14/h3-4,6H,5H2,1-2H3,(H,11,12)(H,13,14)/b4-3+. The molecule has 1 fully saturated rings. The van der Waals surface area contributed by atoms with Gasteiger partial charge < -0.3 is 15.2 Å². The normalized spacial score (nSPS) is 23.1. The molecular formula is C10H13NO5. The van der Waals surface area contributed by atoms with Crippen molar-refractivity contribution in [3.63, 3.8) is 0 Å². The van der Waals surface area contributed by atoms with E-state index in [1.165, 1.54) is 0 Å². The van der Waals surface area contributed by atoms with Gasteiger partial charge in [-0.2, -0.15) is 0 Å². The van der Waals surface area contributed by atoms with Gasteiger partial charge in [-0.25, -0.2) is 9.59 Å². The molecule has 1 aliphatic rings. The SMILES string of the molecule is CC1(C)CC(NC(=O)/C=C/C(=O)O)C(=O)O1. The lowest BCUT2D eigenvalue weighted by Gasteiger charge is -2.14. The van der Waals surface area contributed by atoms with Crippen LogP contribution in [0.15, 0.2) is 12.2 Å². The molecule has 0 aliphatic carbocycles. The van der Waals surface area contributed by atoms with Crippen molar-refractivity contribution in [2.45, 2.75) is 31.9 Å². The van der Waals surface area contributed by atoms with Crippen LogP contribution in [0.1, 0.15) is 20.3 Å². The Morgan fingerprint density at radius 1 is 1.50 bits per heavy atom. The second-order valence-corrected chi connectivity index (χ2v) is 4.12. The molecule has 1 amide bonds. The second kappa shape index (κ2) is 4.34. The summed E-state index contributed by atoms with van der Waals surface area (Å²) >= 11 is 0. The number of cyclic esters (lactones) is 1. The van der Waals surface area contributed by atoms with E-state index in [-0.39, 0.29) is 0 Å². The highest BCUT2D eigenvalue weighted by Crippen LogP contribution is 2.25. The molecule has 6 nitrogen and oxygen atoms in total. The molecule has 0 aromatic heterocycles. The number of nitrogens with one attached hydrogen (secondary N) is 1. The van der Waals surface area contributed by atoms with Gasteiger partial charge in [0, 0.05) is 18.6 Å². The van der Waals surface area contributed by atoms with Gasteiger partial charge in [0.2, 0.25) is 5.91 Å². The van der Waals surface area contributed by atoms with Gasteiger partial charge in [-0.3, -0.25) is 4.79 Å². The first-order valence-corrected chi connectivity index (χ1v) is 4.74. The minimum absolute atomic E-state index is 0.373. The van der Waals surface area contributed by atoms with Crippen molar-refractivity contribution < 1.29 is 24.2 Å². The van der Waals surface area contributed by atoms with Crippen molar-refractivity contribution in [1.82, 2.24) is 5.32 Å². The van der Waals surface area contributed by atoms with Gasteiger partial charge in [-0.15, -0.1) is 0 Å². The zero-order chi connectivity index (χ0) is 12.3. The number of carbonyl (C=O) groups excluding carboxylic acids is 2. The molecular weight excluding hydrogens is 214 g/mol. The summed E-state index contributed by atoms with van der Waals surface area (Å²) in [6, 6.07) is -0.707. The number of amides is 1. The van der Waals surface area contributed by atoms with Crippen LogP contribution in [0.25, 0.3) is 0 Å². The lowest BCUT2D eigenvalue weighted by atomic mass is 10.0. The van der Waals surface area contributed by atoms with Gasteiger partial charge in [0.25, 0.3) is 0 Å². The minimum atomic E-state index is -1.22. The van der Waals surface area contributed by atoms with E-state index in [1.807, 2.05) is 0 Å². The van der Waals surface area contributed by atoms with Crippen molar-refractivity contribution >= 4 is 17.8 Å². The lowest BCUT2D eigenvalue weighted by molar-refractivity contribution is -0.148. The number of carboxylic acid groups (broad SMARTS) is 1. The Kier molecular flexibility index (Phi) is 3.31. The summed E-state index contributed by atoms with van der Waals surface area (Å²) in [5, 5.41) is 10.7. The number of carboxylic acids is 1. The summed E-state index contributed by atoms with van der Waals surface area (Å²) in [6.45, 7) is 3.48. The maximum atomic E-state index is 11.3. The number of carbonyl (C=O) groups is 3. The van der Waals surface area contributed by atoms with Crippen molar-refractivity contribution in [1.29, 1.82) is 0 Å². The summed E-state index contributed by atoms with van der Waals surface area (Å²) in [5.41, 5.74) is -0.592. The maximum absolute atomic E-state index is 11.3.